The standard InChI is InChI=1S/2C22H40O4Si5.C12H36O4Si5.C10H30O3Si4.22CH4/c2*1-27(2,3)23-29(7,8)25-30(9,10)26-31(24-28(4,5)6,21-17-13-11-14-18-21)22-19-15-12-16-20-22;1-17(2,3)13-19(7,8)15-21(11,12)16-20(9,10)14-18(4,5)6;1-14(2,3)11-16(7,8)13-17(9,10)12-15(4,5)6;;;;;;;;;;;;;;;;;;;;;;/h2*11-20H,1-10H3;1-12H3;1-10H3;22*1H4. The van der Waals surface area contributed by atoms with Crippen LogP contribution in [0.5, 0.6) is 0 Å². The Labute approximate surface area is 796 Å². The van der Waals surface area contributed by atoms with E-state index in [1.807, 2.05) is 24.3 Å². The maximum atomic E-state index is 7.16. The molecule has 15 nitrogen and oxygen atoms in total. The Balaban J connectivity index is -0.0000000527. The second-order valence-electron chi connectivity index (χ2n) is 37.7. The molecule has 0 aliphatic rings. The maximum absolute atomic E-state index is 7.16. The van der Waals surface area contributed by atoms with Gasteiger partial charge in [0.1, 0.15) is 0 Å². The molecule has 122 heavy (non-hydrogen) atoms. The maximum Gasteiger partial charge on any atom is 0.388 e. The molecular formula is C88H234O15Si19. The molecule has 0 radical (unpaired) electrons. The van der Waals surface area contributed by atoms with Crippen molar-refractivity contribution >= 4 is 181 Å². The molecule has 0 spiro atoms. The molecule has 0 saturated carbocycles. The zero-order valence-corrected chi connectivity index (χ0v) is 90.2. The van der Waals surface area contributed by atoms with Crippen molar-refractivity contribution < 1.29 is 61.7 Å². The highest BCUT2D eigenvalue weighted by Crippen LogP contribution is 2.31. The molecular weight excluding hydrogens is 1830 g/mol. The van der Waals surface area contributed by atoms with Crippen LogP contribution in [0.4, 0.5) is 0 Å². The van der Waals surface area contributed by atoms with Crippen molar-refractivity contribution in [2.45, 2.75) is 438 Å². The first kappa shape index (κ1) is 179. The third-order valence-corrected chi connectivity index (χ3v) is 76.0. The molecule has 0 aliphatic carbocycles. The zero-order valence-electron chi connectivity index (χ0n) is 71.2. The smallest absolute Gasteiger partial charge is 0.388 e. The lowest BCUT2D eigenvalue weighted by Gasteiger charge is -2.44. The first-order valence-corrected chi connectivity index (χ1v) is 92.0. The monoisotopic (exact) mass is 2060 g/mol. The summed E-state index contributed by atoms with van der Waals surface area (Å²) in [6.45, 7) is 91.4. The van der Waals surface area contributed by atoms with E-state index < -0.39 is 161 Å². The van der Waals surface area contributed by atoms with Gasteiger partial charge in [-0.15, -0.1) is 0 Å². The van der Waals surface area contributed by atoms with E-state index in [2.05, 4.69) is 372 Å². The normalized spacial score (nSPS) is 11.9. The van der Waals surface area contributed by atoms with Gasteiger partial charge in [0, 0.05) is 0 Å². The van der Waals surface area contributed by atoms with Crippen molar-refractivity contribution in [3.8, 4) is 0 Å². The topological polar surface area (TPSA) is 138 Å². The summed E-state index contributed by atoms with van der Waals surface area (Å²) in [4.78, 5) is 0. The van der Waals surface area contributed by atoms with Crippen LogP contribution in [-0.2, 0) is 61.7 Å². The van der Waals surface area contributed by atoms with Crippen LogP contribution in [0.1, 0.15) is 163 Å². The molecule has 0 saturated heterocycles. The van der Waals surface area contributed by atoms with Crippen molar-refractivity contribution in [2.24, 2.45) is 0 Å². The molecule has 0 N–H and O–H groups in total. The predicted octanol–water partition coefficient (Wildman–Crippen LogP) is 33.7. The highest BCUT2D eigenvalue weighted by Gasteiger charge is 2.55. The Morgan fingerprint density at radius 1 is 0.115 bits per heavy atom. The van der Waals surface area contributed by atoms with Gasteiger partial charge in [0.25, 0.3) is 0 Å². The summed E-state index contributed by atoms with van der Waals surface area (Å²) in [5.41, 5.74) is 0. The van der Waals surface area contributed by atoms with Crippen LogP contribution in [-0.4, -0.2) is 161 Å². The lowest BCUT2D eigenvalue weighted by atomic mass is 10.4. The third-order valence-electron chi connectivity index (χ3n) is 12.1. The zero-order chi connectivity index (χ0) is 78.6. The molecule has 34 heteroatoms. The van der Waals surface area contributed by atoms with E-state index >= 15 is 0 Å². The minimum absolute atomic E-state index is 0. The molecule has 0 aliphatic heterocycles. The quantitative estimate of drug-likeness (QED) is 0.0410. The number of benzene rings is 4. The molecule has 0 heterocycles. The van der Waals surface area contributed by atoms with Crippen molar-refractivity contribution in [1.82, 2.24) is 0 Å². The molecule has 0 atom stereocenters. The van der Waals surface area contributed by atoms with Gasteiger partial charge in [-0.2, -0.15) is 0 Å². The fourth-order valence-corrected chi connectivity index (χ4v) is 97.0. The van der Waals surface area contributed by atoms with Gasteiger partial charge < -0.3 is 61.7 Å². The summed E-state index contributed by atoms with van der Waals surface area (Å²) in [6, 6.07) is 41.9. The van der Waals surface area contributed by atoms with E-state index in [9.17, 15) is 0 Å². The molecule has 752 valence electrons. The Morgan fingerprint density at radius 2 is 0.205 bits per heavy atom. The Hall–Kier alpha value is 0.401. The molecule has 0 bridgehead atoms. The average Bonchev–Trinajstić information content (AvgIpc) is 0.760. The second-order valence-corrected chi connectivity index (χ2v) is 114. The van der Waals surface area contributed by atoms with E-state index in [1.54, 1.807) is 0 Å². The average molecular weight is 2070 g/mol. The minimum atomic E-state index is -3.00. The predicted molar refractivity (Wildman–Crippen MR) is 624 cm³/mol. The summed E-state index contributed by atoms with van der Waals surface area (Å²) in [5, 5.41) is 4.49. The molecule has 0 fully saturated rings. The Morgan fingerprint density at radius 3 is 0.303 bits per heavy atom. The van der Waals surface area contributed by atoms with Gasteiger partial charge >= 0.3 is 94.2 Å². The molecule has 0 aromatic heterocycles. The van der Waals surface area contributed by atoms with Crippen LogP contribution in [0.2, 0.25) is 275 Å². The highest BCUT2D eigenvalue weighted by atomic mass is 28.5. The first-order valence-electron chi connectivity index (χ1n) is 35.8. The second kappa shape index (κ2) is 67.6. The van der Waals surface area contributed by atoms with Crippen molar-refractivity contribution in [1.29, 1.82) is 0 Å². The molecule has 4 aromatic rings. The van der Waals surface area contributed by atoms with Crippen LogP contribution in [0, 0.1) is 0 Å². The van der Waals surface area contributed by atoms with Crippen LogP contribution < -0.4 is 20.7 Å². The lowest BCUT2D eigenvalue weighted by Crippen LogP contribution is -2.71. The third kappa shape index (κ3) is 80.1. The number of rotatable bonds is 34. The fraction of sp³-hybridized carbons (Fsp3) is 0.727. The minimum Gasteiger partial charge on any atom is -0.437 e. The van der Waals surface area contributed by atoms with Crippen LogP contribution in [0.25, 0.3) is 0 Å². The fourth-order valence-electron chi connectivity index (χ4n) is 12.6. The largest absolute Gasteiger partial charge is 0.437 e. The van der Waals surface area contributed by atoms with Gasteiger partial charge in [-0.3, -0.25) is 0 Å². The van der Waals surface area contributed by atoms with Crippen molar-refractivity contribution in [3.63, 3.8) is 0 Å². The Bertz CT molecular complexity index is 2760. The van der Waals surface area contributed by atoms with Gasteiger partial charge in [0.05, 0.1) is 0 Å². The number of hydrogen-bond acceptors (Lipinski definition) is 15. The lowest BCUT2D eigenvalue weighted by molar-refractivity contribution is 0.298. The molecule has 0 unspecified atom stereocenters. The van der Waals surface area contributed by atoms with Crippen LogP contribution in [0.15, 0.2) is 121 Å². The number of hydrogen-bond donors (Lipinski definition) is 0. The molecule has 4 aromatic carbocycles. The highest BCUT2D eigenvalue weighted by molar-refractivity contribution is 7.04. The molecule has 4 rings (SSSR count). The Kier molecular flexibility index (Phi) is 99.1. The summed E-state index contributed by atoms with van der Waals surface area (Å²) in [6.07, 6.45) is 0. The first-order chi connectivity index (χ1) is 44.0. The van der Waals surface area contributed by atoms with E-state index in [1.165, 1.54) is 0 Å². The van der Waals surface area contributed by atoms with Crippen molar-refractivity contribution in [2.75, 3.05) is 0 Å². The van der Waals surface area contributed by atoms with Crippen LogP contribution in [0.3, 0.4) is 0 Å². The summed E-state index contributed by atoms with van der Waals surface area (Å²) < 4.78 is 98.9. The van der Waals surface area contributed by atoms with Gasteiger partial charge in [-0.25, -0.2) is 0 Å². The van der Waals surface area contributed by atoms with Crippen molar-refractivity contribution in [3.05, 3.63) is 121 Å². The van der Waals surface area contributed by atoms with E-state index in [-0.39, 0.29) is 163 Å². The van der Waals surface area contributed by atoms with Gasteiger partial charge in [0.15, 0.2) is 66.5 Å². The van der Waals surface area contributed by atoms with E-state index in [0.29, 0.717) is 0 Å². The van der Waals surface area contributed by atoms with E-state index in [0.717, 1.165) is 20.7 Å². The van der Waals surface area contributed by atoms with Gasteiger partial charge in [-0.05, 0) is 296 Å². The summed E-state index contributed by atoms with van der Waals surface area (Å²) in [5.74, 6) is 0. The van der Waals surface area contributed by atoms with Gasteiger partial charge in [0.2, 0.25) is 0 Å². The summed E-state index contributed by atoms with van der Waals surface area (Å²) >= 11 is 0. The van der Waals surface area contributed by atoms with E-state index in [4.69, 9.17) is 61.7 Å². The SMILES string of the molecule is C.C.C.C.C.C.C.C.C.C.C.C.C.C.C.C.C.C.C.C.C.C.C[Si](C)(C)O[Si](C)(C)O[Si](C)(C)O[Si](C)(C)C.C[Si](C)(C)O[Si](C)(C)O[Si](C)(C)O[Si](C)(C)O[Si](C)(C)C.C[Si](C)(C)O[Si](C)(C)O[Si](C)(C)O[Si](O[Si](C)(C)C)(c1ccccc1)c1ccccc1.C[Si](C)(C)O[Si](C)(C)O[Si](C)(C)O[Si](O[Si](C)(C)C)(c1ccccc1)c1ccccc1. The van der Waals surface area contributed by atoms with Crippen LogP contribution >= 0.6 is 0 Å². The summed E-state index contributed by atoms with van der Waals surface area (Å²) in [7, 11) is -40.3. The van der Waals surface area contributed by atoms with Gasteiger partial charge in [-0.1, -0.05) is 285 Å². The molecule has 0 amide bonds.